The van der Waals surface area contributed by atoms with Crippen LogP contribution in [0.1, 0.15) is 55.2 Å². The SMILES string of the molecule is CCc1nnc(N2CCCC2C)c(C(=O)O)c1CC. The number of hydrogen-bond donors (Lipinski definition) is 1. The Kier molecular flexibility index (Phi) is 4.02. The van der Waals surface area contributed by atoms with Crippen molar-refractivity contribution in [2.24, 2.45) is 0 Å². The third kappa shape index (κ3) is 2.41. The predicted octanol–water partition coefficient (Wildman–Crippen LogP) is 2.29. The number of aromatic carboxylic acids is 1. The zero-order chi connectivity index (χ0) is 14.0. The molecule has 1 unspecified atom stereocenters. The van der Waals surface area contributed by atoms with Crippen LogP contribution in [0.15, 0.2) is 0 Å². The van der Waals surface area contributed by atoms with E-state index < -0.39 is 5.97 Å². The standard InChI is InChI=1S/C14H21N3O2/c1-4-10-11(5-2)15-16-13(12(10)14(18)19)17-8-6-7-9(17)3/h9H,4-8H2,1-3H3,(H,18,19). The maximum atomic E-state index is 11.6. The van der Waals surface area contributed by atoms with Crippen LogP contribution in [0.25, 0.3) is 0 Å². The number of hydrogen-bond acceptors (Lipinski definition) is 4. The van der Waals surface area contributed by atoms with Gasteiger partial charge >= 0.3 is 5.97 Å². The lowest BCUT2D eigenvalue weighted by molar-refractivity contribution is 0.0695. The molecule has 5 heteroatoms. The second-order valence-corrected chi connectivity index (χ2v) is 5.02. The van der Waals surface area contributed by atoms with Crippen LogP contribution in [0.4, 0.5) is 5.82 Å². The molecule has 1 N–H and O–H groups in total. The summed E-state index contributed by atoms with van der Waals surface area (Å²) in [7, 11) is 0. The second kappa shape index (κ2) is 5.55. The highest BCUT2D eigenvalue weighted by Crippen LogP contribution is 2.29. The summed E-state index contributed by atoms with van der Waals surface area (Å²) in [6, 6.07) is 0.338. The van der Waals surface area contributed by atoms with E-state index in [4.69, 9.17) is 0 Å². The second-order valence-electron chi connectivity index (χ2n) is 5.02. The molecular formula is C14H21N3O2. The summed E-state index contributed by atoms with van der Waals surface area (Å²) in [5.74, 6) is -0.345. The Morgan fingerprint density at radius 2 is 2.11 bits per heavy atom. The Bertz CT molecular complexity index is 488. The summed E-state index contributed by atoms with van der Waals surface area (Å²) in [5, 5.41) is 18.0. The smallest absolute Gasteiger partial charge is 0.339 e. The fourth-order valence-electron chi connectivity index (χ4n) is 2.84. The summed E-state index contributed by atoms with van der Waals surface area (Å²) in [4.78, 5) is 13.7. The summed E-state index contributed by atoms with van der Waals surface area (Å²) in [6.45, 7) is 6.93. The fraction of sp³-hybridized carbons (Fsp3) is 0.643. The van der Waals surface area contributed by atoms with E-state index in [-0.39, 0.29) is 0 Å². The van der Waals surface area contributed by atoms with Crippen LogP contribution >= 0.6 is 0 Å². The van der Waals surface area contributed by atoms with Gasteiger partial charge in [0.15, 0.2) is 5.82 Å². The Morgan fingerprint density at radius 3 is 2.58 bits per heavy atom. The van der Waals surface area contributed by atoms with E-state index in [1.807, 2.05) is 13.8 Å². The number of aryl methyl sites for hydroxylation is 1. The maximum Gasteiger partial charge on any atom is 0.339 e. The van der Waals surface area contributed by atoms with Gasteiger partial charge in [-0.1, -0.05) is 13.8 Å². The van der Waals surface area contributed by atoms with Gasteiger partial charge in [0, 0.05) is 12.6 Å². The highest BCUT2D eigenvalue weighted by molar-refractivity contribution is 5.95. The van der Waals surface area contributed by atoms with Crippen LogP contribution in [-0.4, -0.2) is 33.9 Å². The van der Waals surface area contributed by atoms with Crippen molar-refractivity contribution in [1.29, 1.82) is 0 Å². The molecule has 0 bridgehead atoms. The van der Waals surface area contributed by atoms with Gasteiger partial charge < -0.3 is 10.0 Å². The number of anilines is 1. The van der Waals surface area contributed by atoms with Gasteiger partial charge in [-0.3, -0.25) is 0 Å². The first-order valence-corrected chi connectivity index (χ1v) is 6.98. The number of carboxylic acids is 1. The van der Waals surface area contributed by atoms with E-state index in [1.54, 1.807) is 0 Å². The van der Waals surface area contributed by atoms with Crippen molar-refractivity contribution in [2.75, 3.05) is 11.4 Å². The summed E-state index contributed by atoms with van der Waals surface area (Å²) >= 11 is 0. The molecule has 2 heterocycles. The van der Waals surface area contributed by atoms with Crippen molar-refractivity contribution in [3.63, 3.8) is 0 Å². The average Bonchev–Trinajstić information content (AvgIpc) is 2.82. The molecule has 1 fully saturated rings. The van der Waals surface area contributed by atoms with E-state index in [2.05, 4.69) is 22.0 Å². The van der Waals surface area contributed by atoms with Crippen molar-refractivity contribution >= 4 is 11.8 Å². The van der Waals surface area contributed by atoms with E-state index in [0.717, 1.165) is 30.6 Å². The van der Waals surface area contributed by atoms with Crippen molar-refractivity contribution < 1.29 is 9.90 Å². The van der Waals surface area contributed by atoms with Gasteiger partial charge in [0.25, 0.3) is 0 Å². The van der Waals surface area contributed by atoms with Gasteiger partial charge in [0.05, 0.1) is 5.69 Å². The zero-order valence-corrected chi connectivity index (χ0v) is 11.8. The molecule has 0 spiro atoms. The molecule has 1 saturated heterocycles. The molecular weight excluding hydrogens is 242 g/mol. The van der Waals surface area contributed by atoms with E-state index in [9.17, 15) is 9.90 Å². The molecule has 1 aromatic rings. The number of nitrogens with zero attached hydrogens (tertiary/aromatic N) is 3. The molecule has 0 amide bonds. The number of aromatic nitrogens is 2. The van der Waals surface area contributed by atoms with Gasteiger partial charge in [-0.15, -0.1) is 5.10 Å². The molecule has 0 aromatic carbocycles. The Hall–Kier alpha value is -1.65. The molecule has 1 aromatic heterocycles. The van der Waals surface area contributed by atoms with Crippen molar-refractivity contribution in [1.82, 2.24) is 10.2 Å². The van der Waals surface area contributed by atoms with Gasteiger partial charge in [0.1, 0.15) is 5.56 Å². The predicted molar refractivity (Wildman–Crippen MR) is 73.8 cm³/mol. The summed E-state index contributed by atoms with van der Waals surface area (Å²) in [6.07, 6.45) is 3.55. The van der Waals surface area contributed by atoms with Crippen molar-refractivity contribution in [3.8, 4) is 0 Å². The number of carboxylic acid groups (broad SMARTS) is 1. The quantitative estimate of drug-likeness (QED) is 0.902. The molecule has 1 atom stereocenters. The highest BCUT2D eigenvalue weighted by atomic mass is 16.4. The molecule has 1 aliphatic heterocycles. The Balaban J connectivity index is 2.57. The molecule has 104 valence electrons. The van der Waals surface area contributed by atoms with E-state index in [0.29, 0.717) is 30.3 Å². The van der Waals surface area contributed by atoms with Crippen LogP contribution in [0.2, 0.25) is 0 Å². The monoisotopic (exact) mass is 263 g/mol. The third-order valence-electron chi connectivity index (χ3n) is 3.87. The average molecular weight is 263 g/mol. The minimum Gasteiger partial charge on any atom is -0.478 e. The number of rotatable bonds is 4. The van der Waals surface area contributed by atoms with E-state index in [1.165, 1.54) is 0 Å². The minimum atomic E-state index is -0.893. The van der Waals surface area contributed by atoms with Crippen LogP contribution < -0.4 is 4.90 Å². The van der Waals surface area contributed by atoms with Crippen LogP contribution in [0.5, 0.6) is 0 Å². The van der Waals surface area contributed by atoms with Gasteiger partial charge in [0.2, 0.25) is 0 Å². The lowest BCUT2D eigenvalue weighted by Gasteiger charge is -2.25. The van der Waals surface area contributed by atoms with E-state index >= 15 is 0 Å². The minimum absolute atomic E-state index is 0.338. The molecule has 0 radical (unpaired) electrons. The molecule has 2 rings (SSSR count). The molecule has 0 aliphatic carbocycles. The topological polar surface area (TPSA) is 66.3 Å². The lowest BCUT2D eigenvalue weighted by Crippen LogP contribution is -2.30. The van der Waals surface area contributed by atoms with Gasteiger partial charge in [-0.25, -0.2) is 4.79 Å². The lowest BCUT2D eigenvalue weighted by atomic mass is 10.0. The molecule has 0 saturated carbocycles. The van der Waals surface area contributed by atoms with Gasteiger partial charge in [-0.2, -0.15) is 5.10 Å². The highest BCUT2D eigenvalue weighted by Gasteiger charge is 2.29. The Labute approximate surface area is 113 Å². The summed E-state index contributed by atoms with van der Waals surface area (Å²) in [5.41, 5.74) is 1.98. The maximum absolute atomic E-state index is 11.6. The van der Waals surface area contributed by atoms with Crippen LogP contribution in [0, 0.1) is 0 Å². The van der Waals surface area contributed by atoms with Crippen molar-refractivity contribution in [3.05, 3.63) is 16.8 Å². The van der Waals surface area contributed by atoms with Crippen LogP contribution in [0.3, 0.4) is 0 Å². The summed E-state index contributed by atoms with van der Waals surface area (Å²) < 4.78 is 0. The molecule has 19 heavy (non-hydrogen) atoms. The number of carbonyl (C=O) groups is 1. The molecule has 5 nitrogen and oxygen atoms in total. The first-order valence-electron chi connectivity index (χ1n) is 6.98. The molecule has 1 aliphatic rings. The van der Waals surface area contributed by atoms with Gasteiger partial charge in [-0.05, 0) is 38.2 Å². The first-order chi connectivity index (χ1) is 9.10. The largest absolute Gasteiger partial charge is 0.478 e. The van der Waals surface area contributed by atoms with Crippen molar-refractivity contribution in [2.45, 2.75) is 52.5 Å². The third-order valence-corrected chi connectivity index (χ3v) is 3.87. The Morgan fingerprint density at radius 1 is 1.37 bits per heavy atom. The zero-order valence-electron chi connectivity index (χ0n) is 11.8. The van der Waals surface area contributed by atoms with Crippen LogP contribution in [-0.2, 0) is 12.8 Å². The first kappa shape index (κ1) is 13.8. The fourth-order valence-corrected chi connectivity index (χ4v) is 2.84. The normalized spacial score (nSPS) is 18.9.